The Balaban J connectivity index is 0.00000353. The van der Waals surface area contributed by atoms with Crippen LogP contribution in [0.15, 0.2) is 91.0 Å². The standard InChI is InChI=1S/C30H27F3N4O.ClH/c31-30(32,33)28-18-27(37(36-28)25-11-4-6-21(16-25)19-34)29(38)35-24-10-5-9-23(17-24)26(15-14-20-12-13-20)22-7-2-1-3-8-22;/h1-11,15-18,20H,12-14,19,34H2,(H,35,38);1H/b26-15-;. The average molecular weight is 553 g/mol. The zero-order chi connectivity index (χ0) is 26.7. The van der Waals surface area contributed by atoms with E-state index in [9.17, 15) is 18.0 Å². The summed E-state index contributed by atoms with van der Waals surface area (Å²) in [7, 11) is 0. The fourth-order valence-corrected chi connectivity index (χ4v) is 4.31. The SMILES string of the molecule is Cl.NCc1cccc(-n2nc(C(F)(F)F)cc2C(=O)Nc2cccc(/C(=C\CC3CC3)c3ccccc3)c2)c1. The van der Waals surface area contributed by atoms with Gasteiger partial charge in [0.25, 0.3) is 5.91 Å². The highest BCUT2D eigenvalue weighted by Crippen LogP contribution is 2.35. The van der Waals surface area contributed by atoms with Gasteiger partial charge in [-0.05, 0) is 71.7 Å². The largest absolute Gasteiger partial charge is 0.435 e. The molecule has 3 aromatic carbocycles. The van der Waals surface area contributed by atoms with Crippen molar-refractivity contribution < 1.29 is 18.0 Å². The number of allylic oxidation sites excluding steroid dienone is 1. The van der Waals surface area contributed by atoms with Gasteiger partial charge in [0.2, 0.25) is 0 Å². The monoisotopic (exact) mass is 552 g/mol. The molecule has 1 aromatic heterocycles. The molecule has 1 amide bonds. The Bertz CT molecular complexity index is 1480. The minimum Gasteiger partial charge on any atom is -0.326 e. The Labute approximate surface area is 230 Å². The fraction of sp³-hybridized carbons (Fsp3) is 0.200. The number of amides is 1. The summed E-state index contributed by atoms with van der Waals surface area (Å²) in [4.78, 5) is 13.3. The zero-order valence-corrected chi connectivity index (χ0v) is 21.8. The van der Waals surface area contributed by atoms with Crippen LogP contribution in [0.4, 0.5) is 18.9 Å². The van der Waals surface area contributed by atoms with Crippen molar-refractivity contribution >= 4 is 29.6 Å². The summed E-state index contributed by atoms with van der Waals surface area (Å²) in [5, 5.41) is 6.47. The van der Waals surface area contributed by atoms with Gasteiger partial charge in [0.15, 0.2) is 5.69 Å². The maximum absolute atomic E-state index is 13.5. The number of hydrogen-bond acceptors (Lipinski definition) is 3. The molecule has 1 fully saturated rings. The highest BCUT2D eigenvalue weighted by molar-refractivity contribution is 6.04. The quantitative estimate of drug-likeness (QED) is 0.242. The smallest absolute Gasteiger partial charge is 0.326 e. The molecule has 5 rings (SSSR count). The first-order chi connectivity index (χ1) is 18.3. The number of benzene rings is 3. The number of rotatable bonds is 8. The van der Waals surface area contributed by atoms with Crippen LogP contribution in [-0.4, -0.2) is 15.7 Å². The van der Waals surface area contributed by atoms with Gasteiger partial charge in [-0.2, -0.15) is 18.3 Å². The summed E-state index contributed by atoms with van der Waals surface area (Å²) in [5.41, 5.74) is 8.83. The van der Waals surface area contributed by atoms with E-state index >= 15 is 0 Å². The summed E-state index contributed by atoms with van der Waals surface area (Å²) < 4.78 is 41.6. The third-order valence-electron chi connectivity index (χ3n) is 6.49. The van der Waals surface area contributed by atoms with Gasteiger partial charge in [0.05, 0.1) is 5.69 Å². The molecule has 0 spiro atoms. The maximum Gasteiger partial charge on any atom is 0.435 e. The normalized spacial score (nSPS) is 13.6. The number of hydrogen-bond donors (Lipinski definition) is 2. The lowest BCUT2D eigenvalue weighted by atomic mass is 9.96. The molecule has 0 aliphatic heterocycles. The molecular formula is C30H28ClF3N4O. The first-order valence-corrected chi connectivity index (χ1v) is 12.5. The third-order valence-corrected chi connectivity index (χ3v) is 6.49. The lowest BCUT2D eigenvalue weighted by molar-refractivity contribution is -0.141. The minimum absolute atomic E-state index is 0. The summed E-state index contributed by atoms with van der Waals surface area (Å²) in [6.45, 7) is 0.202. The van der Waals surface area contributed by atoms with Crippen molar-refractivity contribution in [3.63, 3.8) is 0 Å². The molecule has 0 saturated heterocycles. The van der Waals surface area contributed by atoms with Gasteiger partial charge in [0.1, 0.15) is 5.69 Å². The molecule has 0 bridgehead atoms. The topological polar surface area (TPSA) is 72.9 Å². The number of halogens is 4. The predicted molar refractivity (Wildman–Crippen MR) is 149 cm³/mol. The van der Waals surface area contributed by atoms with Gasteiger partial charge in [-0.1, -0.05) is 60.7 Å². The number of aromatic nitrogens is 2. The van der Waals surface area contributed by atoms with Crippen molar-refractivity contribution in [1.29, 1.82) is 0 Å². The van der Waals surface area contributed by atoms with E-state index in [0.717, 1.165) is 33.9 Å². The second-order valence-corrected chi connectivity index (χ2v) is 9.40. The molecule has 0 unspecified atom stereocenters. The van der Waals surface area contributed by atoms with Crippen LogP contribution < -0.4 is 11.1 Å². The number of carbonyl (C=O) groups is 1. The van der Waals surface area contributed by atoms with E-state index in [0.29, 0.717) is 22.9 Å². The lowest BCUT2D eigenvalue weighted by Gasteiger charge is -2.12. The molecule has 1 saturated carbocycles. The van der Waals surface area contributed by atoms with E-state index in [1.807, 2.05) is 48.5 Å². The maximum atomic E-state index is 13.5. The molecule has 4 aromatic rings. The Morgan fingerprint density at radius 3 is 2.38 bits per heavy atom. The van der Waals surface area contributed by atoms with Crippen LogP contribution in [0.25, 0.3) is 11.3 Å². The van der Waals surface area contributed by atoms with Crippen molar-refractivity contribution in [2.45, 2.75) is 32.0 Å². The minimum atomic E-state index is -4.71. The Kier molecular flexibility index (Phi) is 8.57. The second-order valence-electron chi connectivity index (χ2n) is 9.40. The summed E-state index contributed by atoms with van der Waals surface area (Å²) >= 11 is 0. The van der Waals surface area contributed by atoms with Gasteiger partial charge in [-0.3, -0.25) is 4.79 Å². The van der Waals surface area contributed by atoms with E-state index in [4.69, 9.17) is 5.73 Å². The van der Waals surface area contributed by atoms with Crippen LogP contribution in [0.2, 0.25) is 0 Å². The molecule has 0 atom stereocenters. The second kappa shape index (κ2) is 11.9. The van der Waals surface area contributed by atoms with Gasteiger partial charge in [0, 0.05) is 18.3 Å². The van der Waals surface area contributed by atoms with E-state index in [1.54, 1.807) is 30.3 Å². The Morgan fingerprint density at radius 1 is 0.974 bits per heavy atom. The number of nitrogens with one attached hydrogen (secondary N) is 1. The van der Waals surface area contributed by atoms with Crippen molar-refractivity contribution in [3.8, 4) is 5.69 Å². The van der Waals surface area contributed by atoms with E-state index in [2.05, 4.69) is 16.5 Å². The van der Waals surface area contributed by atoms with Crippen molar-refractivity contribution in [2.24, 2.45) is 11.7 Å². The summed E-state index contributed by atoms with van der Waals surface area (Å²) in [6, 6.07) is 24.7. The number of carbonyl (C=O) groups excluding carboxylic acids is 1. The highest BCUT2D eigenvalue weighted by Gasteiger charge is 2.36. The van der Waals surface area contributed by atoms with E-state index in [-0.39, 0.29) is 24.6 Å². The average Bonchev–Trinajstić information content (AvgIpc) is 3.63. The van der Waals surface area contributed by atoms with Crippen LogP contribution in [0.1, 0.15) is 52.1 Å². The van der Waals surface area contributed by atoms with Crippen molar-refractivity contribution in [3.05, 3.63) is 119 Å². The molecule has 1 heterocycles. The first kappa shape index (κ1) is 28.1. The van der Waals surface area contributed by atoms with Gasteiger partial charge in [-0.15, -0.1) is 12.4 Å². The van der Waals surface area contributed by atoms with Crippen LogP contribution in [0.3, 0.4) is 0 Å². The fourth-order valence-electron chi connectivity index (χ4n) is 4.31. The number of alkyl halides is 3. The van der Waals surface area contributed by atoms with Crippen LogP contribution >= 0.6 is 12.4 Å². The molecule has 5 nitrogen and oxygen atoms in total. The van der Waals surface area contributed by atoms with Crippen LogP contribution in [-0.2, 0) is 12.7 Å². The van der Waals surface area contributed by atoms with Gasteiger partial charge in [-0.25, -0.2) is 4.68 Å². The van der Waals surface area contributed by atoms with Crippen molar-refractivity contribution in [2.75, 3.05) is 5.32 Å². The number of nitrogens with zero attached hydrogens (tertiary/aromatic N) is 2. The Hall–Kier alpha value is -3.88. The van der Waals surface area contributed by atoms with Gasteiger partial charge >= 0.3 is 6.18 Å². The first-order valence-electron chi connectivity index (χ1n) is 12.5. The molecule has 39 heavy (non-hydrogen) atoms. The zero-order valence-electron chi connectivity index (χ0n) is 21.0. The van der Waals surface area contributed by atoms with Crippen LogP contribution in [0.5, 0.6) is 0 Å². The third kappa shape index (κ3) is 6.77. The molecule has 0 radical (unpaired) electrons. The lowest BCUT2D eigenvalue weighted by Crippen LogP contribution is -2.17. The van der Waals surface area contributed by atoms with Crippen molar-refractivity contribution in [1.82, 2.24) is 9.78 Å². The number of anilines is 1. The van der Waals surface area contributed by atoms with Gasteiger partial charge < -0.3 is 11.1 Å². The predicted octanol–water partition coefficient (Wildman–Crippen LogP) is 7.26. The van der Waals surface area contributed by atoms with E-state index < -0.39 is 17.8 Å². The van der Waals surface area contributed by atoms with Crippen LogP contribution in [0, 0.1) is 5.92 Å². The molecule has 9 heteroatoms. The molecule has 1 aliphatic carbocycles. The summed E-state index contributed by atoms with van der Waals surface area (Å²) in [5.74, 6) is 0.00371. The highest BCUT2D eigenvalue weighted by atomic mass is 35.5. The number of nitrogens with two attached hydrogens (primary N) is 1. The Morgan fingerprint density at radius 2 is 1.69 bits per heavy atom. The molecule has 1 aliphatic rings. The molecular weight excluding hydrogens is 525 g/mol. The summed E-state index contributed by atoms with van der Waals surface area (Å²) in [6.07, 6.45) is 0.959. The molecule has 202 valence electrons. The molecule has 3 N–H and O–H groups in total. The van der Waals surface area contributed by atoms with E-state index in [1.165, 1.54) is 12.8 Å².